The monoisotopic (exact) mass is 416 g/mol. The molecule has 1 fully saturated rings. The zero-order valence-corrected chi connectivity index (χ0v) is 17.4. The number of hydrogen-bond donors (Lipinski definition) is 2. The number of aliphatic hydroxyl groups excluding tert-OH is 1. The summed E-state index contributed by atoms with van der Waals surface area (Å²) in [7, 11) is 5.35. The van der Waals surface area contributed by atoms with Crippen molar-refractivity contribution in [3.63, 3.8) is 0 Å². The normalized spacial score (nSPS) is 18.6. The molecule has 1 unspecified atom stereocenters. The number of ether oxygens (including phenoxy) is 1. The Balaban J connectivity index is 2.06. The summed E-state index contributed by atoms with van der Waals surface area (Å²) in [6, 6.07) is 7.38. The van der Waals surface area contributed by atoms with E-state index in [-0.39, 0.29) is 16.9 Å². The molecule has 0 spiro atoms. The number of Topliss-reactive ketones (excluding diaryl/α,β-unsaturated/α-hetero) is 1. The number of aliphatic hydroxyl groups is 1. The van der Waals surface area contributed by atoms with E-state index in [0.29, 0.717) is 18.7 Å². The number of benzene rings is 1. The maximum atomic E-state index is 12.8. The number of carbonyl (C=O) groups is 2. The molecule has 2 N–H and O–H groups in total. The highest BCUT2D eigenvalue weighted by Gasteiger charge is 2.46. The molecule has 0 radical (unpaired) electrons. The molecule has 7 nitrogen and oxygen atoms in total. The molecule has 0 saturated carbocycles. The molecule has 1 aliphatic rings. The number of thiophene rings is 1. The summed E-state index contributed by atoms with van der Waals surface area (Å²) in [6.07, 6.45) is 0.690. The zero-order chi connectivity index (χ0) is 21.1. The molecule has 154 valence electrons. The van der Waals surface area contributed by atoms with Crippen molar-refractivity contribution in [2.24, 2.45) is 0 Å². The van der Waals surface area contributed by atoms with Gasteiger partial charge in [0.1, 0.15) is 17.3 Å². The summed E-state index contributed by atoms with van der Waals surface area (Å²) >= 11 is 1.41. The van der Waals surface area contributed by atoms with Gasteiger partial charge in [0.15, 0.2) is 0 Å². The van der Waals surface area contributed by atoms with Crippen molar-refractivity contribution in [1.82, 2.24) is 9.80 Å². The Morgan fingerprint density at radius 3 is 2.62 bits per heavy atom. The van der Waals surface area contributed by atoms with Crippen LogP contribution >= 0.6 is 11.3 Å². The van der Waals surface area contributed by atoms with Crippen LogP contribution in [-0.2, 0) is 9.59 Å². The highest BCUT2D eigenvalue weighted by Crippen LogP contribution is 2.42. The molecule has 1 aromatic heterocycles. The van der Waals surface area contributed by atoms with Crippen molar-refractivity contribution in [3.8, 4) is 11.5 Å². The Hall–Kier alpha value is -2.84. The fourth-order valence-corrected chi connectivity index (χ4v) is 4.24. The van der Waals surface area contributed by atoms with Crippen molar-refractivity contribution in [2.75, 3.05) is 34.3 Å². The summed E-state index contributed by atoms with van der Waals surface area (Å²) in [5.74, 6) is -1.60. The SMILES string of the molecule is COc1ccc(/C(O)=C2\C(=O)C(=O)N(CCCN(C)C)C2c2cccs2)c(O)c1. The van der Waals surface area contributed by atoms with Crippen LogP contribution in [0, 0.1) is 0 Å². The fourth-order valence-electron chi connectivity index (χ4n) is 3.39. The third-order valence-corrected chi connectivity index (χ3v) is 5.74. The first-order chi connectivity index (χ1) is 13.8. The van der Waals surface area contributed by atoms with Crippen LogP contribution in [0.15, 0.2) is 41.3 Å². The first kappa shape index (κ1) is 20.9. The number of nitrogens with zero attached hydrogens (tertiary/aromatic N) is 2. The Morgan fingerprint density at radius 1 is 1.28 bits per heavy atom. The van der Waals surface area contributed by atoms with E-state index in [9.17, 15) is 19.8 Å². The van der Waals surface area contributed by atoms with Crippen molar-refractivity contribution < 1.29 is 24.5 Å². The number of carbonyl (C=O) groups excluding carboxylic acids is 2. The van der Waals surface area contributed by atoms with Crippen LogP contribution in [0.1, 0.15) is 22.9 Å². The van der Waals surface area contributed by atoms with Gasteiger partial charge in [0, 0.05) is 17.5 Å². The summed E-state index contributed by atoms with van der Waals surface area (Å²) in [5.41, 5.74) is 0.0708. The molecule has 3 rings (SSSR count). The number of amides is 1. The first-order valence-corrected chi connectivity index (χ1v) is 10.1. The van der Waals surface area contributed by atoms with E-state index in [1.165, 1.54) is 35.5 Å². The first-order valence-electron chi connectivity index (χ1n) is 9.19. The Morgan fingerprint density at radius 2 is 2.03 bits per heavy atom. The largest absolute Gasteiger partial charge is 0.507 e. The number of likely N-dealkylation sites (tertiary alicyclic amines) is 1. The lowest BCUT2D eigenvalue weighted by molar-refractivity contribution is -0.139. The van der Waals surface area contributed by atoms with Crippen LogP contribution in [0.3, 0.4) is 0 Å². The van der Waals surface area contributed by atoms with E-state index in [4.69, 9.17) is 4.74 Å². The van der Waals surface area contributed by atoms with Crippen molar-refractivity contribution in [2.45, 2.75) is 12.5 Å². The number of aromatic hydroxyl groups is 1. The molecular weight excluding hydrogens is 392 g/mol. The molecule has 0 bridgehead atoms. The Bertz CT molecular complexity index is 937. The van der Waals surface area contributed by atoms with Gasteiger partial charge in [-0.2, -0.15) is 0 Å². The number of phenols is 1. The van der Waals surface area contributed by atoms with Crippen LogP contribution in [0.4, 0.5) is 0 Å². The minimum Gasteiger partial charge on any atom is -0.507 e. The number of methoxy groups -OCH3 is 1. The molecule has 1 atom stereocenters. The second-order valence-electron chi connectivity index (χ2n) is 7.05. The minimum absolute atomic E-state index is 0.0113. The molecule has 1 saturated heterocycles. The molecule has 1 aliphatic heterocycles. The van der Waals surface area contributed by atoms with Crippen molar-refractivity contribution in [3.05, 3.63) is 51.7 Å². The Kier molecular flexibility index (Phi) is 6.24. The van der Waals surface area contributed by atoms with Gasteiger partial charge in [-0.05, 0) is 50.6 Å². The lowest BCUT2D eigenvalue weighted by atomic mass is 9.99. The van der Waals surface area contributed by atoms with Gasteiger partial charge in [0.2, 0.25) is 0 Å². The molecule has 1 aromatic carbocycles. The van der Waals surface area contributed by atoms with Gasteiger partial charge in [-0.25, -0.2) is 0 Å². The standard InChI is InChI=1S/C21H24N2O5S/c1-22(2)9-5-10-23-18(16-6-4-11-29-16)17(20(26)21(23)27)19(25)14-8-7-13(28-3)12-15(14)24/h4,6-8,11-12,18,24-25H,5,9-10H2,1-3H3/b19-17+. The lowest BCUT2D eigenvalue weighted by Gasteiger charge is -2.24. The van der Waals surface area contributed by atoms with E-state index in [0.717, 1.165) is 11.4 Å². The molecule has 8 heteroatoms. The van der Waals surface area contributed by atoms with E-state index >= 15 is 0 Å². The average Bonchev–Trinajstić information content (AvgIpc) is 3.29. The highest BCUT2D eigenvalue weighted by atomic mass is 32.1. The van der Waals surface area contributed by atoms with E-state index < -0.39 is 23.5 Å². The summed E-state index contributed by atoms with van der Waals surface area (Å²) in [6.45, 7) is 1.15. The van der Waals surface area contributed by atoms with Crippen LogP contribution < -0.4 is 4.74 Å². The molecule has 2 heterocycles. The predicted molar refractivity (Wildman–Crippen MR) is 111 cm³/mol. The zero-order valence-electron chi connectivity index (χ0n) is 16.6. The van der Waals surface area contributed by atoms with Gasteiger partial charge in [-0.3, -0.25) is 9.59 Å². The quantitative estimate of drug-likeness (QED) is 0.410. The highest BCUT2D eigenvalue weighted by molar-refractivity contribution is 7.10. The van der Waals surface area contributed by atoms with E-state index in [1.54, 1.807) is 6.07 Å². The van der Waals surface area contributed by atoms with Gasteiger partial charge in [-0.1, -0.05) is 6.07 Å². The second kappa shape index (κ2) is 8.67. The van der Waals surface area contributed by atoms with Gasteiger partial charge in [0.05, 0.1) is 24.3 Å². The van der Waals surface area contributed by atoms with Crippen LogP contribution in [0.2, 0.25) is 0 Å². The summed E-state index contributed by atoms with van der Waals surface area (Å²) in [4.78, 5) is 29.9. The Labute approximate surface area is 173 Å². The van der Waals surface area contributed by atoms with Gasteiger partial charge >= 0.3 is 0 Å². The smallest absolute Gasteiger partial charge is 0.295 e. The molecular formula is C21H24N2O5S. The van der Waals surface area contributed by atoms with Crippen molar-refractivity contribution >= 4 is 28.8 Å². The number of hydrogen-bond acceptors (Lipinski definition) is 7. The van der Waals surface area contributed by atoms with Gasteiger partial charge in [0.25, 0.3) is 11.7 Å². The maximum Gasteiger partial charge on any atom is 0.295 e. The third kappa shape index (κ3) is 4.13. The number of rotatable bonds is 7. The topological polar surface area (TPSA) is 90.3 Å². The van der Waals surface area contributed by atoms with Crippen LogP contribution in [0.5, 0.6) is 11.5 Å². The predicted octanol–water partition coefficient (Wildman–Crippen LogP) is 2.84. The third-order valence-electron chi connectivity index (χ3n) is 4.82. The summed E-state index contributed by atoms with van der Waals surface area (Å²) in [5, 5.41) is 23.1. The van der Waals surface area contributed by atoms with E-state index in [2.05, 4.69) is 0 Å². The van der Waals surface area contributed by atoms with Crippen LogP contribution in [-0.4, -0.2) is 66.0 Å². The van der Waals surface area contributed by atoms with Gasteiger partial charge < -0.3 is 24.7 Å². The number of ketones is 1. The van der Waals surface area contributed by atoms with Gasteiger partial charge in [-0.15, -0.1) is 11.3 Å². The summed E-state index contributed by atoms with van der Waals surface area (Å²) < 4.78 is 5.06. The minimum atomic E-state index is -0.749. The fraction of sp³-hybridized carbons (Fsp3) is 0.333. The molecule has 1 amide bonds. The lowest BCUT2D eigenvalue weighted by Crippen LogP contribution is -2.32. The maximum absolute atomic E-state index is 12.8. The van der Waals surface area contributed by atoms with Crippen molar-refractivity contribution in [1.29, 1.82) is 0 Å². The molecule has 29 heavy (non-hydrogen) atoms. The second-order valence-corrected chi connectivity index (χ2v) is 8.03. The van der Waals surface area contributed by atoms with Crippen LogP contribution in [0.25, 0.3) is 5.76 Å². The van der Waals surface area contributed by atoms with E-state index in [1.807, 2.05) is 36.5 Å². The number of phenolic OH excluding ortho intramolecular Hbond substituents is 1. The average molecular weight is 416 g/mol. The molecule has 2 aromatic rings. The molecule has 0 aliphatic carbocycles.